The summed E-state index contributed by atoms with van der Waals surface area (Å²) < 4.78 is 10.4. The molecule has 0 aliphatic carbocycles. The number of hydrogen-bond acceptors (Lipinski definition) is 3. The van der Waals surface area contributed by atoms with E-state index in [0.29, 0.717) is 0 Å². The summed E-state index contributed by atoms with van der Waals surface area (Å²) in [5.74, 6) is 1.47. The predicted octanol–water partition coefficient (Wildman–Crippen LogP) is 3.09. The van der Waals surface area contributed by atoms with Gasteiger partial charge in [-0.1, -0.05) is 0 Å². The minimum Gasteiger partial charge on any atom is -0.497 e. The smallest absolute Gasteiger partial charge is 0.129 e. The Bertz CT molecular complexity index is 404. The Labute approximate surface area is 93.7 Å². The van der Waals surface area contributed by atoms with E-state index in [1.807, 2.05) is 18.3 Å². The van der Waals surface area contributed by atoms with Crippen LogP contribution in [-0.2, 0) is 0 Å². The van der Waals surface area contributed by atoms with Crippen LogP contribution in [0.4, 0.5) is 5.69 Å². The summed E-state index contributed by atoms with van der Waals surface area (Å²) in [6.45, 7) is 0. The molecule has 0 N–H and O–H groups in total. The van der Waals surface area contributed by atoms with Crippen LogP contribution in [0.1, 0.15) is 17.4 Å². The van der Waals surface area contributed by atoms with Crippen molar-refractivity contribution in [1.82, 2.24) is 0 Å². The van der Waals surface area contributed by atoms with Gasteiger partial charge in [-0.25, -0.2) is 0 Å². The standard InChI is InChI=1S/C11H12ClNO2/c1-14-7-5-9-11(10(6-7)15-2)8(12)3-4-13-9/h4-6,8H,3H2,1-2H3. The molecule has 0 bridgehead atoms. The zero-order chi connectivity index (χ0) is 10.8. The largest absolute Gasteiger partial charge is 0.497 e. The molecule has 0 aromatic heterocycles. The number of alkyl halides is 1. The summed E-state index contributed by atoms with van der Waals surface area (Å²) in [4.78, 5) is 4.29. The quantitative estimate of drug-likeness (QED) is 0.725. The number of ether oxygens (including phenoxy) is 2. The third-order valence-electron chi connectivity index (χ3n) is 2.41. The fourth-order valence-corrected chi connectivity index (χ4v) is 1.96. The molecular weight excluding hydrogens is 214 g/mol. The van der Waals surface area contributed by atoms with Gasteiger partial charge in [0.2, 0.25) is 0 Å². The Morgan fingerprint density at radius 3 is 2.80 bits per heavy atom. The normalized spacial score (nSPS) is 18.5. The maximum Gasteiger partial charge on any atom is 0.129 e. The van der Waals surface area contributed by atoms with Crippen LogP contribution >= 0.6 is 11.6 Å². The Morgan fingerprint density at radius 1 is 1.33 bits per heavy atom. The van der Waals surface area contributed by atoms with Gasteiger partial charge in [0.25, 0.3) is 0 Å². The van der Waals surface area contributed by atoms with Gasteiger partial charge in [0.05, 0.1) is 25.3 Å². The van der Waals surface area contributed by atoms with E-state index in [1.165, 1.54) is 0 Å². The molecule has 1 heterocycles. The lowest BCUT2D eigenvalue weighted by Crippen LogP contribution is -2.01. The summed E-state index contributed by atoms with van der Waals surface area (Å²) >= 11 is 6.21. The lowest BCUT2D eigenvalue weighted by molar-refractivity contribution is 0.391. The van der Waals surface area contributed by atoms with Gasteiger partial charge >= 0.3 is 0 Å². The van der Waals surface area contributed by atoms with Gasteiger partial charge in [-0.3, -0.25) is 4.99 Å². The molecule has 1 aliphatic rings. The van der Waals surface area contributed by atoms with Crippen molar-refractivity contribution in [3.8, 4) is 11.5 Å². The second-order valence-corrected chi connectivity index (χ2v) is 3.80. The minimum absolute atomic E-state index is 0.0710. The Balaban J connectivity index is 2.58. The number of benzene rings is 1. The van der Waals surface area contributed by atoms with Gasteiger partial charge in [-0.05, 0) is 0 Å². The average molecular weight is 226 g/mol. The highest BCUT2D eigenvalue weighted by atomic mass is 35.5. The maximum atomic E-state index is 6.21. The van der Waals surface area contributed by atoms with Crippen LogP contribution in [0.5, 0.6) is 11.5 Å². The summed E-state index contributed by atoms with van der Waals surface area (Å²) in [6, 6.07) is 3.69. The van der Waals surface area contributed by atoms with Crippen LogP contribution in [0.15, 0.2) is 17.1 Å². The molecule has 4 heteroatoms. The van der Waals surface area contributed by atoms with E-state index in [-0.39, 0.29) is 5.38 Å². The summed E-state index contributed by atoms with van der Waals surface area (Å²) in [5.41, 5.74) is 1.78. The first-order valence-electron chi connectivity index (χ1n) is 4.68. The molecule has 1 unspecified atom stereocenters. The Morgan fingerprint density at radius 2 is 2.13 bits per heavy atom. The summed E-state index contributed by atoms with van der Waals surface area (Å²) in [5, 5.41) is -0.0710. The van der Waals surface area contributed by atoms with Crippen LogP contribution in [-0.4, -0.2) is 20.4 Å². The maximum absolute atomic E-state index is 6.21. The van der Waals surface area contributed by atoms with Crippen LogP contribution in [0.25, 0.3) is 0 Å². The molecule has 15 heavy (non-hydrogen) atoms. The number of rotatable bonds is 2. The molecule has 1 aromatic rings. The zero-order valence-electron chi connectivity index (χ0n) is 8.66. The van der Waals surface area contributed by atoms with Crippen molar-refractivity contribution in [1.29, 1.82) is 0 Å². The van der Waals surface area contributed by atoms with Crippen molar-refractivity contribution in [3.63, 3.8) is 0 Å². The summed E-state index contributed by atoms with van der Waals surface area (Å²) in [7, 11) is 3.24. The van der Waals surface area contributed by atoms with Gasteiger partial charge in [0, 0.05) is 30.3 Å². The van der Waals surface area contributed by atoms with Gasteiger partial charge in [-0.2, -0.15) is 0 Å². The molecule has 0 saturated heterocycles. The van der Waals surface area contributed by atoms with E-state index in [9.17, 15) is 0 Å². The third kappa shape index (κ3) is 1.79. The zero-order valence-corrected chi connectivity index (χ0v) is 9.41. The number of halogens is 1. The van der Waals surface area contributed by atoms with E-state index >= 15 is 0 Å². The molecule has 0 amide bonds. The molecule has 0 fully saturated rings. The molecule has 1 aromatic carbocycles. The first-order chi connectivity index (χ1) is 7.26. The van der Waals surface area contributed by atoms with E-state index in [1.54, 1.807) is 14.2 Å². The average Bonchev–Trinajstić information content (AvgIpc) is 2.27. The Kier molecular flexibility index (Phi) is 2.82. The monoisotopic (exact) mass is 225 g/mol. The van der Waals surface area contributed by atoms with Crippen molar-refractivity contribution in [2.24, 2.45) is 4.99 Å². The molecule has 3 nitrogen and oxygen atoms in total. The first-order valence-corrected chi connectivity index (χ1v) is 5.12. The molecule has 0 spiro atoms. The highest BCUT2D eigenvalue weighted by Crippen LogP contribution is 2.43. The van der Waals surface area contributed by atoms with Crippen LogP contribution in [0.2, 0.25) is 0 Å². The highest BCUT2D eigenvalue weighted by Gasteiger charge is 2.21. The van der Waals surface area contributed by atoms with Crippen LogP contribution in [0.3, 0.4) is 0 Å². The molecule has 80 valence electrons. The third-order valence-corrected chi connectivity index (χ3v) is 2.80. The molecule has 0 saturated carbocycles. The van der Waals surface area contributed by atoms with Crippen molar-refractivity contribution in [2.45, 2.75) is 11.8 Å². The van der Waals surface area contributed by atoms with Gasteiger partial charge < -0.3 is 9.47 Å². The van der Waals surface area contributed by atoms with Crippen LogP contribution in [0, 0.1) is 0 Å². The number of fused-ring (bicyclic) bond motifs is 1. The Hall–Kier alpha value is -1.22. The fourth-order valence-electron chi connectivity index (χ4n) is 1.66. The van der Waals surface area contributed by atoms with Gasteiger partial charge in [0.1, 0.15) is 11.5 Å². The fraction of sp³-hybridized carbons (Fsp3) is 0.364. The van der Waals surface area contributed by atoms with Gasteiger partial charge in [-0.15, -0.1) is 11.6 Å². The lowest BCUT2D eigenvalue weighted by atomic mass is 10.0. The number of nitrogens with zero attached hydrogens (tertiary/aromatic N) is 1. The minimum atomic E-state index is -0.0710. The second kappa shape index (κ2) is 4.11. The van der Waals surface area contributed by atoms with E-state index in [2.05, 4.69) is 4.99 Å². The molecule has 1 aliphatic heterocycles. The van der Waals surface area contributed by atoms with Crippen LogP contribution < -0.4 is 9.47 Å². The number of hydrogen-bond donors (Lipinski definition) is 0. The summed E-state index contributed by atoms with van der Waals surface area (Å²) in [6.07, 6.45) is 2.55. The lowest BCUT2D eigenvalue weighted by Gasteiger charge is -2.19. The number of methoxy groups -OCH3 is 2. The topological polar surface area (TPSA) is 30.8 Å². The predicted molar refractivity (Wildman–Crippen MR) is 60.9 cm³/mol. The van der Waals surface area contributed by atoms with E-state index < -0.39 is 0 Å². The van der Waals surface area contributed by atoms with Crippen molar-refractivity contribution in [3.05, 3.63) is 17.7 Å². The number of aliphatic imine (C=N–C) groups is 1. The molecule has 1 atom stereocenters. The highest BCUT2D eigenvalue weighted by molar-refractivity contribution is 6.22. The van der Waals surface area contributed by atoms with Crippen molar-refractivity contribution in [2.75, 3.05) is 14.2 Å². The van der Waals surface area contributed by atoms with E-state index in [0.717, 1.165) is 29.2 Å². The molecular formula is C11H12ClNO2. The second-order valence-electron chi connectivity index (χ2n) is 3.28. The van der Waals surface area contributed by atoms with Crippen molar-refractivity contribution >= 4 is 23.5 Å². The van der Waals surface area contributed by atoms with Crippen molar-refractivity contribution < 1.29 is 9.47 Å². The van der Waals surface area contributed by atoms with Gasteiger partial charge in [0.15, 0.2) is 0 Å². The molecule has 0 radical (unpaired) electrons. The first kappa shape index (κ1) is 10.3. The molecule has 2 rings (SSSR count). The SMILES string of the molecule is COc1cc2c(c(OC)c1)C(Cl)CC=N2. The van der Waals surface area contributed by atoms with E-state index in [4.69, 9.17) is 21.1 Å².